The number of primary sulfonamides is 1. The Morgan fingerprint density at radius 3 is 2.68 bits per heavy atom. The minimum atomic E-state index is -3.69. The van der Waals surface area contributed by atoms with E-state index in [2.05, 4.69) is 9.88 Å². The molecular formula is C14H17N3O3S2. The number of benzene rings is 1. The lowest BCUT2D eigenvalue weighted by Crippen LogP contribution is -2.22. The van der Waals surface area contributed by atoms with Crippen LogP contribution >= 0.6 is 11.3 Å². The average Bonchev–Trinajstić information content (AvgIpc) is 3.15. The summed E-state index contributed by atoms with van der Waals surface area (Å²) in [5.74, 6) is 0.819. The smallest absolute Gasteiger partial charge is 0.249 e. The summed E-state index contributed by atoms with van der Waals surface area (Å²) >= 11 is 1.12. The fourth-order valence-corrected chi connectivity index (χ4v) is 4.30. The third kappa shape index (κ3) is 2.94. The maximum Gasteiger partial charge on any atom is 0.249 e. The van der Waals surface area contributed by atoms with Gasteiger partial charge in [-0.2, -0.15) is 0 Å². The first-order valence-electron chi connectivity index (χ1n) is 6.88. The van der Waals surface area contributed by atoms with Crippen LogP contribution in [-0.4, -0.2) is 27.1 Å². The summed E-state index contributed by atoms with van der Waals surface area (Å²) in [4.78, 5) is 6.37. The minimum absolute atomic E-state index is 0.0999. The van der Waals surface area contributed by atoms with Gasteiger partial charge in [0.1, 0.15) is 5.75 Å². The van der Waals surface area contributed by atoms with Crippen LogP contribution in [0.3, 0.4) is 0 Å². The summed E-state index contributed by atoms with van der Waals surface area (Å²) < 4.78 is 28.1. The van der Waals surface area contributed by atoms with E-state index in [4.69, 9.17) is 9.88 Å². The Labute approximate surface area is 133 Å². The molecule has 118 valence electrons. The molecule has 1 unspecified atom stereocenters. The third-order valence-corrected chi connectivity index (χ3v) is 6.19. The van der Waals surface area contributed by atoms with E-state index < -0.39 is 10.0 Å². The molecule has 1 aliphatic heterocycles. The van der Waals surface area contributed by atoms with Gasteiger partial charge in [-0.05, 0) is 30.5 Å². The van der Waals surface area contributed by atoms with E-state index in [1.165, 1.54) is 11.8 Å². The van der Waals surface area contributed by atoms with E-state index >= 15 is 0 Å². The van der Waals surface area contributed by atoms with Gasteiger partial charge in [0.05, 0.1) is 19.3 Å². The van der Waals surface area contributed by atoms with Crippen molar-refractivity contribution in [1.82, 2.24) is 4.98 Å². The van der Waals surface area contributed by atoms with Crippen LogP contribution < -0.4 is 14.8 Å². The molecule has 3 rings (SSSR count). The lowest BCUT2D eigenvalue weighted by molar-refractivity contribution is 0.414. The van der Waals surface area contributed by atoms with Crippen molar-refractivity contribution in [3.63, 3.8) is 0 Å². The van der Waals surface area contributed by atoms with Crippen molar-refractivity contribution in [2.45, 2.75) is 23.1 Å². The molecule has 8 heteroatoms. The molecule has 0 amide bonds. The Hall–Kier alpha value is -1.64. The van der Waals surface area contributed by atoms with Crippen LogP contribution in [0.15, 0.2) is 34.7 Å². The number of rotatable bonds is 4. The van der Waals surface area contributed by atoms with E-state index in [0.29, 0.717) is 5.13 Å². The maximum atomic E-state index is 11.4. The molecule has 6 nitrogen and oxygen atoms in total. The van der Waals surface area contributed by atoms with E-state index in [0.717, 1.165) is 36.5 Å². The highest BCUT2D eigenvalue weighted by molar-refractivity contribution is 7.91. The number of ether oxygens (including phenoxy) is 1. The predicted octanol–water partition coefficient (Wildman–Crippen LogP) is 2.14. The normalized spacial score (nSPS) is 18.6. The molecule has 0 radical (unpaired) electrons. The fourth-order valence-electron chi connectivity index (χ4n) is 2.68. The standard InChI is InChI=1S/C14H17N3O3S2/c1-20-11-6-4-10(5-7-11)12-3-2-8-17(12)14-16-9-13(21-14)22(15,18)19/h4-7,9,12H,2-3,8H2,1H3,(H2,15,18,19). The second kappa shape index (κ2) is 5.86. The average molecular weight is 339 g/mol. The van der Waals surface area contributed by atoms with Gasteiger partial charge in [-0.3, -0.25) is 0 Å². The van der Waals surface area contributed by atoms with Gasteiger partial charge >= 0.3 is 0 Å². The molecule has 0 saturated carbocycles. The molecular weight excluding hydrogens is 322 g/mol. The van der Waals surface area contributed by atoms with Crippen LogP contribution in [0.2, 0.25) is 0 Å². The summed E-state index contributed by atoms with van der Waals surface area (Å²) in [5, 5.41) is 5.85. The Balaban J connectivity index is 1.88. The molecule has 1 aliphatic rings. The zero-order valence-electron chi connectivity index (χ0n) is 12.1. The molecule has 22 heavy (non-hydrogen) atoms. The summed E-state index contributed by atoms with van der Waals surface area (Å²) in [6.45, 7) is 0.855. The van der Waals surface area contributed by atoms with Crippen molar-refractivity contribution in [1.29, 1.82) is 0 Å². The van der Waals surface area contributed by atoms with E-state index in [1.54, 1.807) is 7.11 Å². The van der Waals surface area contributed by atoms with Crippen molar-refractivity contribution in [3.05, 3.63) is 36.0 Å². The van der Waals surface area contributed by atoms with Gasteiger partial charge in [0.15, 0.2) is 9.34 Å². The molecule has 0 aliphatic carbocycles. The molecule has 1 aromatic carbocycles. The maximum absolute atomic E-state index is 11.4. The second-order valence-electron chi connectivity index (χ2n) is 5.13. The van der Waals surface area contributed by atoms with Crippen LogP contribution in [0.5, 0.6) is 5.75 Å². The second-order valence-corrected chi connectivity index (χ2v) is 7.93. The first-order chi connectivity index (χ1) is 10.5. The highest BCUT2D eigenvalue weighted by Crippen LogP contribution is 2.38. The monoisotopic (exact) mass is 339 g/mol. The van der Waals surface area contributed by atoms with E-state index in [-0.39, 0.29) is 10.3 Å². The predicted molar refractivity (Wildman–Crippen MR) is 85.8 cm³/mol. The van der Waals surface area contributed by atoms with Gasteiger partial charge in [0.2, 0.25) is 10.0 Å². The molecule has 1 aromatic heterocycles. The molecule has 1 fully saturated rings. The van der Waals surface area contributed by atoms with Crippen molar-refractivity contribution in [2.75, 3.05) is 18.6 Å². The lowest BCUT2D eigenvalue weighted by Gasteiger charge is -2.24. The van der Waals surface area contributed by atoms with Crippen LogP contribution in [0.1, 0.15) is 24.4 Å². The van der Waals surface area contributed by atoms with Crippen molar-refractivity contribution in [3.8, 4) is 5.75 Å². The van der Waals surface area contributed by atoms with Crippen molar-refractivity contribution in [2.24, 2.45) is 5.14 Å². The van der Waals surface area contributed by atoms with Crippen molar-refractivity contribution >= 4 is 26.5 Å². The Bertz CT molecular complexity index is 756. The van der Waals surface area contributed by atoms with Gasteiger partial charge in [0.25, 0.3) is 0 Å². The number of nitrogens with zero attached hydrogens (tertiary/aromatic N) is 2. The number of sulfonamides is 1. The topological polar surface area (TPSA) is 85.5 Å². The number of hydrogen-bond acceptors (Lipinski definition) is 6. The number of aromatic nitrogens is 1. The van der Waals surface area contributed by atoms with Crippen LogP contribution in [0, 0.1) is 0 Å². The Morgan fingerprint density at radius 1 is 1.36 bits per heavy atom. The van der Waals surface area contributed by atoms with Crippen LogP contribution in [-0.2, 0) is 10.0 Å². The first-order valence-corrected chi connectivity index (χ1v) is 9.24. The highest BCUT2D eigenvalue weighted by atomic mass is 32.2. The zero-order valence-corrected chi connectivity index (χ0v) is 13.7. The van der Waals surface area contributed by atoms with E-state index in [9.17, 15) is 8.42 Å². The molecule has 1 atom stereocenters. The van der Waals surface area contributed by atoms with Crippen LogP contribution in [0.25, 0.3) is 0 Å². The molecule has 2 aromatic rings. The molecule has 0 bridgehead atoms. The quantitative estimate of drug-likeness (QED) is 0.922. The highest BCUT2D eigenvalue weighted by Gasteiger charge is 2.29. The number of hydrogen-bond donors (Lipinski definition) is 1. The van der Waals surface area contributed by atoms with Gasteiger partial charge in [-0.15, -0.1) is 0 Å². The fraction of sp³-hybridized carbons (Fsp3) is 0.357. The summed E-state index contributed by atoms with van der Waals surface area (Å²) in [6, 6.07) is 8.14. The number of methoxy groups -OCH3 is 1. The summed E-state index contributed by atoms with van der Waals surface area (Å²) in [6.07, 6.45) is 3.39. The van der Waals surface area contributed by atoms with Crippen molar-refractivity contribution < 1.29 is 13.2 Å². The zero-order chi connectivity index (χ0) is 15.7. The molecule has 0 spiro atoms. The molecule has 1 saturated heterocycles. The van der Waals surface area contributed by atoms with Gasteiger partial charge in [0, 0.05) is 6.54 Å². The van der Waals surface area contributed by atoms with E-state index in [1.807, 2.05) is 24.3 Å². The minimum Gasteiger partial charge on any atom is -0.497 e. The third-order valence-electron chi connectivity index (χ3n) is 3.75. The van der Waals surface area contributed by atoms with Gasteiger partial charge < -0.3 is 9.64 Å². The number of nitrogens with two attached hydrogens (primary N) is 1. The largest absolute Gasteiger partial charge is 0.497 e. The number of thiazole rings is 1. The lowest BCUT2D eigenvalue weighted by atomic mass is 10.0. The summed E-state index contributed by atoms with van der Waals surface area (Å²) in [7, 11) is -2.05. The van der Waals surface area contributed by atoms with Gasteiger partial charge in [-0.25, -0.2) is 18.5 Å². The first kappa shape index (κ1) is 15.3. The Kier molecular flexibility index (Phi) is 4.07. The molecule has 2 heterocycles. The Morgan fingerprint density at radius 2 is 2.09 bits per heavy atom. The van der Waals surface area contributed by atoms with Crippen LogP contribution in [0.4, 0.5) is 5.13 Å². The SMILES string of the molecule is COc1ccc(C2CCCN2c2ncc(S(N)(=O)=O)s2)cc1. The summed E-state index contributed by atoms with van der Waals surface area (Å²) in [5.41, 5.74) is 1.17. The molecule has 2 N–H and O–H groups in total. The van der Waals surface area contributed by atoms with Gasteiger partial charge in [-0.1, -0.05) is 23.5 Å². The number of anilines is 1.